The van der Waals surface area contributed by atoms with Crippen LogP contribution < -0.4 is 5.56 Å². The highest BCUT2D eigenvalue weighted by molar-refractivity contribution is 5.80. The van der Waals surface area contributed by atoms with Gasteiger partial charge in [-0.2, -0.15) is 0 Å². The molecule has 0 bridgehead atoms. The predicted octanol–water partition coefficient (Wildman–Crippen LogP) is 4.65. The summed E-state index contributed by atoms with van der Waals surface area (Å²) in [6, 6.07) is 1.33. The minimum absolute atomic E-state index is 0.131. The second-order valence-corrected chi connectivity index (χ2v) is 4.99. The first kappa shape index (κ1) is 17.3. The zero-order chi connectivity index (χ0) is 16.2. The lowest BCUT2D eigenvalue weighted by Gasteiger charge is -2.20. The van der Waals surface area contributed by atoms with E-state index >= 15 is 0 Å². The highest BCUT2D eigenvalue weighted by Gasteiger charge is 2.31. The van der Waals surface area contributed by atoms with Crippen molar-refractivity contribution in [3.8, 4) is 0 Å². The van der Waals surface area contributed by atoms with E-state index in [1.54, 1.807) is 7.05 Å². The molecule has 2 nitrogen and oxygen atoms in total. The topological polar surface area (TPSA) is 22.0 Å². The van der Waals surface area contributed by atoms with E-state index in [4.69, 9.17) is 0 Å². The first-order chi connectivity index (χ1) is 9.82. The van der Waals surface area contributed by atoms with E-state index in [-0.39, 0.29) is 16.7 Å². The van der Waals surface area contributed by atoms with E-state index in [1.165, 1.54) is 16.8 Å². The molecule has 0 aromatic carbocycles. The van der Waals surface area contributed by atoms with Crippen molar-refractivity contribution >= 4 is 5.57 Å². The van der Waals surface area contributed by atoms with Gasteiger partial charge in [-0.15, -0.1) is 0 Å². The molecular formula is C17H23F2NO. The molecule has 0 saturated carbocycles. The van der Waals surface area contributed by atoms with Crippen molar-refractivity contribution in [2.45, 2.75) is 46.5 Å². The van der Waals surface area contributed by atoms with Crippen LogP contribution in [-0.2, 0) is 13.0 Å². The number of aryl methyl sites for hydroxylation is 1. The van der Waals surface area contributed by atoms with Crippen LogP contribution in [0.5, 0.6) is 0 Å². The van der Waals surface area contributed by atoms with Crippen molar-refractivity contribution in [3.05, 3.63) is 51.5 Å². The smallest absolute Gasteiger partial charge is 0.271 e. The molecule has 0 spiro atoms. The minimum atomic E-state index is -3.03. The molecule has 4 heteroatoms. The Morgan fingerprint density at radius 1 is 1.19 bits per heavy atom. The van der Waals surface area contributed by atoms with Gasteiger partial charge in [0.2, 0.25) is 0 Å². The molecule has 0 amide bonds. The van der Waals surface area contributed by atoms with Crippen LogP contribution >= 0.6 is 0 Å². The van der Waals surface area contributed by atoms with E-state index in [9.17, 15) is 13.6 Å². The Bertz CT molecular complexity index is 619. The zero-order valence-corrected chi connectivity index (χ0v) is 13.3. The maximum Gasteiger partial charge on any atom is 0.271 e. The fraction of sp³-hybridized carbons (Fsp3) is 0.471. The van der Waals surface area contributed by atoms with E-state index in [0.29, 0.717) is 5.57 Å². The summed E-state index contributed by atoms with van der Waals surface area (Å²) in [7, 11) is 1.58. The maximum absolute atomic E-state index is 13.7. The number of alkyl halides is 2. The summed E-state index contributed by atoms with van der Waals surface area (Å²) in [5.74, 6) is -3.03. The summed E-state index contributed by atoms with van der Waals surface area (Å²) in [4.78, 5) is 12.2. The Labute approximate surface area is 124 Å². The monoisotopic (exact) mass is 295 g/mol. The van der Waals surface area contributed by atoms with Gasteiger partial charge in [0.05, 0.1) is 5.56 Å². The number of allylic oxidation sites excluding steroid dienone is 4. The molecule has 116 valence electrons. The molecule has 2 rings (SSSR count). The van der Waals surface area contributed by atoms with Crippen molar-refractivity contribution in [1.29, 1.82) is 0 Å². The second kappa shape index (κ2) is 6.83. The van der Waals surface area contributed by atoms with Gasteiger partial charge < -0.3 is 4.57 Å². The molecule has 21 heavy (non-hydrogen) atoms. The Hall–Kier alpha value is -1.71. The molecule has 0 unspecified atom stereocenters. The molecule has 0 aliphatic heterocycles. The number of halogens is 2. The van der Waals surface area contributed by atoms with Crippen LogP contribution in [0.15, 0.2) is 34.8 Å². The molecule has 0 fully saturated rings. The average molecular weight is 295 g/mol. The normalized spacial score (nSPS) is 14.8. The second-order valence-electron chi connectivity index (χ2n) is 4.99. The van der Waals surface area contributed by atoms with Crippen LogP contribution in [0.4, 0.5) is 8.78 Å². The van der Waals surface area contributed by atoms with Crippen molar-refractivity contribution in [2.75, 3.05) is 0 Å². The highest BCUT2D eigenvalue weighted by atomic mass is 19.3. The Morgan fingerprint density at radius 2 is 1.76 bits per heavy atom. The third kappa shape index (κ3) is 3.69. The molecule has 0 N–H and O–H groups in total. The van der Waals surface area contributed by atoms with E-state index in [2.05, 4.69) is 0 Å². The van der Waals surface area contributed by atoms with Gasteiger partial charge in [-0.1, -0.05) is 26.0 Å². The summed E-state index contributed by atoms with van der Waals surface area (Å²) >= 11 is 0. The molecule has 1 aromatic rings. The number of rotatable bonds is 2. The Morgan fingerprint density at radius 3 is 2.29 bits per heavy atom. The standard InChI is InChI=1S/C15H17F2NO.C2H6/c1-10-6-4-5-7-11(10)13-12(15(2,16)17)8-9-18(3)14(13)19;1-2/h6-9H,4-5H2,1-3H3;1-2H3. The van der Waals surface area contributed by atoms with Gasteiger partial charge in [0.1, 0.15) is 0 Å². The lowest BCUT2D eigenvalue weighted by atomic mass is 9.89. The number of hydrogen-bond acceptors (Lipinski definition) is 1. The summed E-state index contributed by atoms with van der Waals surface area (Å²) in [6.45, 7) is 6.68. The van der Waals surface area contributed by atoms with Gasteiger partial charge in [0.25, 0.3) is 11.5 Å². The molecular weight excluding hydrogens is 272 g/mol. The van der Waals surface area contributed by atoms with E-state index < -0.39 is 5.92 Å². The molecule has 1 aromatic heterocycles. The summed E-state index contributed by atoms with van der Waals surface area (Å²) in [5.41, 5.74) is 1.09. The van der Waals surface area contributed by atoms with Gasteiger partial charge >= 0.3 is 0 Å². The number of nitrogens with zero attached hydrogens (tertiary/aromatic N) is 1. The van der Waals surface area contributed by atoms with E-state index in [0.717, 1.165) is 25.3 Å². The number of hydrogen-bond donors (Lipinski definition) is 0. The van der Waals surface area contributed by atoms with Crippen molar-refractivity contribution in [3.63, 3.8) is 0 Å². The zero-order valence-electron chi connectivity index (χ0n) is 13.3. The van der Waals surface area contributed by atoms with Crippen LogP contribution in [0.1, 0.15) is 51.7 Å². The summed E-state index contributed by atoms with van der Waals surface area (Å²) < 4.78 is 28.8. The van der Waals surface area contributed by atoms with Gasteiger partial charge in [-0.25, -0.2) is 8.78 Å². The summed E-state index contributed by atoms with van der Waals surface area (Å²) in [5, 5.41) is 0. The predicted molar refractivity (Wildman–Crippen MR) is 83.6 cm³/mol. The molecule has 0 saturated heterocycles. The lowest BCUT2D eigenvalue weighted by molar-refractivity contribution is 0.0169. The Kier molecular flexibility index (Phi) is 5.64. The fourth-order valence-corrected chi connectivity index (χ4v) is 2.35. The minimum Gasteiger partial charge on any atom is -0.318 e. The lowest BCUT2D eigenvalue weighted by Crippen LogP contribution is -2.26. The maximum atomic E-state index is 13.7. The first-order valence-corrected chi connectivity index (χ1v) is 7.28. The highest BCUT2D eigenvalue weighted by Crippen LogP contribution is 2.35. The SMILES string of the molecule is CC.CC1=CCCC=C1c1c(C(C)(F)F)ccn(C)c1=O. The van der Waals surface area contributed by atoms with Crippen LogP contribution in [-0.4, -0.2) is 4.57 Å². The summed E-state index contributed by atoms with van der Waals surface area (Å²) in [6.07, 6.45) is 6.92. The van der Waals surface area contributed by atoms with Crippen molar-refractivity contribution < 1.29 is 8.78 Å². The average Bonchev–Trinajstić information content (AvgIpc) is 2.44. The third-order valence-electron chi connectivity index (χ3n) is 3.40. The van der Waals surface area contributed by atoms with Crippen LogP contribution in [0, 0.1) is 0 Å². The Balaban J connectivity index is 0.00000106. The van der Waals surface area contributed by atoms with Crippen LogP contribution in [0.3, 0.4) is 0 Å². The molecule has 0 radical (unpaired) electrons. The largest absolute Gasteiger partial charge is 0.318 e. The van der Waals surface area contributed by atoms with Crippen LogP contribution in [0.25, 0.3) is 5.57 Å². The molecule has 0 atom stereocenters. The number of pyridine rings is 1. The van der Waals surface area contributed by atoms with Crippen LogP contribution in [0.2, 0.25) is 0 Å². The molecule has 1 aliphatic rings. The number of aromatic nitrogens is 1. The molecule has 1 heterocycles. The quantitative estimate of drug-likeness (QED) is 0.778. The van der Waals surface area contributed by atoms with E-state index in [1.807, 2.05) is 32.9 Å². The fourth-order valence-electron chi connectivity index (χ4n) is 2.35. The van der Waals surface area contributed by atoms with Crippen molar-refractivity contribution in [1.82, 2.24) is 4.57 Å². The van der Waals surface area contributed by atoms with Gasteiger partial charge in [0, 0.05) is 25.7 Å². The van der Waals surface area contributed by atoms with Gasteiger partial charge in [-0.3, -0.25) is 4.79 Å². The third-order valence-corrected chi connectivity index (χ3v) is 3.40. The van der Waals surface area contributed by atoms with Gasteiger partial charge in [0.15, 0.2) is 0 Å². The molecule has 1 aliphatic carbocycles. The first-order valence-electron chi connectivity index (χ1n) is 7.28. The van der Waals surface area contributed by atoms with Gasteiger partial charge in [-0.05, 0) is 37.0 Å². The van der Waals surface area contributed by atoms with Crippen molar-refractivity contribution in [2.24, 2.45) is 7.05 Å².